The third-order valence-electron chi connectivity index (χ3n) is 3.09. The second-order valence-corrected chi connectivity index (χ2v) is 4.53. The number of likely N-dealkylation sites (N-methyl/N-ethyl adjacent to an activating group) is 1. The van der Waals surface area contributed by atoms with Crippen LogP contribution in [0.5, 0.6) is 0 Å². The van der Waals surface area contributed by atoms with Gasteiger partial charge < -0.3 is 10.0 Å². The molecular formula is C13H15N5O3. The summed E-state index contributed by atoms with van der Waals surface area (Å²) in [5.74, 6) is -1.05. The summed E-state index contributed by atoms with van der Waals surface area (Å²) in [4.78, 5) is 25.1. The fourth-order valence-electron chi connectivity index (χ4n) is 1.63. The van der Waals surface area contributed by atoms with Gasteiger partial charge in [-0.25, -0.2) is 4.79 Å². The van der Waals surface area contributed by atoms with Crippen LogP contribution >= 0.6 is 0 Å². The number of hydrogen-bond donors (Lipinski definition) is 1. The molecule has 0 bridgehead atoms. The number of aromatic nitrogens is 4. The van der Waals surface area contributed by atoms with Crippen molar-refractivity contribution in [3.8, 4) is 11.4 Å². The summed E-state index contributed by atoms with van der Waals surface area (Å²) in [5, 5.41) is 20.7. The minimum atomic E-state index is -1.07. The monoisotopic (exact) mass is 289 g/mol. The van der Waals surface area contributed by atoms with Crippen LogP contribution in [0.1, 0.15) is 6.92 Å². The van der Waals surface area contributed by atoms with Gasteiger partial charge in [0, 0.05) is 12.6 Å². The molecule has 8 heteroatoms. The van der Waals surface area contributed by atoms with E-state index < -0.39 is 17.9 Å². The SMILES string of the molecule is CC(C(=O)O)N(C)C(=O)Cn1nnc(-c2ccccc2)n1. The number of amides is 1. The van der Waals surface area contributed by atoms with E-state index in [0.29, 0.717) is 5.82 Å². The molecule has 0 saturated heterocycles. The fourth-order valence-corrected chi connectivity index (χ4v) is 1.63. The van der Waals surface area contributed by atoms with Crippen LogP contribution in [0.2, 0.25) is 0 Å². The van der Waals surface area contributed by atoms with E-state index in [1.54, 1.807) is 0 Å². The number of hydrogen-bond acceptors (Lipinski definition) is 5. The van der Waals surface area contributed by atoms with Gasteiger partial charge in [0.05, 0.1) is 0 Å². The highest BCUT2D eigenvalue weighted by Crippen LogP contribution is 2.11. The Morgan fingerprint density at radius 2 is 2.00 bits per heavy atom. The van der Waals surface area contributed by atoms with E-state index in [9.17, 15) is 9.59 Å². The summed E-state index contributed by atoms with van der Waals surface area (Å²) in [6.45, 7) is 1.28. The van der Waals surface area contributed by atoms with E-state index in [0.717, 1.165) is 15.3 Å². The first-order valence-electron chi connectivity index (χ1n) is 6.30. The molecule has 2 rings (SSSR count). The molecule has 1 unspecified atom stereocenters. The molecule has 1 aromatic heterocycles. The summed E-state index contributed by atoms with van der Waals surface area (Å²) in [6, 6.07) is 8.34. The Kier molecular flexibility index (Phi) is 4.27. The maximum absolute atomic E-state index is 11.9. The first-order chi connectivity index (χ1) is 9.99. The first-order valence-corrected chi connectivity index (χ1v) is 6.30. The quantitative estimate of drug-likeness (QED) is 0.848. The molecule has 1 amide bonds. The second-order valence-electron chi connectivity index (χ2n) is 4.53. The summed E-state index contributed by atoms with van der Waals surface area (Å²) >= 11 is 0. The summed E-state index contributed by atoms with van der Waals surface area (Å²) < 4.78 is 0. The Hall–Kier alpha value is -2.77. The zero-order valence-corrected chi connectivity index (χ0v) is 11.7. The normalized spacial score (nSPS) is 11.9. The second kappa shape index (κ2) is 6.12. The van der Waals surface area contributed by atoms with Crippen molar-refractivity contribution in [2.24, 2.45) is 0 Å². The lowest BCUT2D eigenvalue weighted by Crippen LogP contribution is -2.42. The molecule has 0 fully saturated rings. The third-order valence-corrected chi connectivity index (χ3v) is 3.09. The van der Waals surface area contributed by atoms with Crippen molar-refractivity contribution in [3.63, 3.8) is 0 Å². The molecule has 1 aromatic carbocycles. The number of rotatable bonds is 5. The zero-order chi connectivity index (χ0) is 15.4. The lowest BCUT2D eigenvalue weighted by Gasteiger charge is -2.20. The predicted molar refractivity (Wildman–Crippen MR) is 73.1 cm³/mol. The van der Waals surface area contributed by atoms with Crippen molar-refractivity contribution >= 4 is 11.9 Å². The molecule has 0 aliphatic rings. The molecule has 110 valence electrons. The highest BCUT2D eigenvalue weighted by Gasteiger charge is 2.22. The first kappa shape index (κ1) is 14.6. The lowest BCUT2D eigenvalue weighted by atomic mass is 10.2. The fraction of sp³-hybridized carbons (Fsp3) is 0.308. The third kappa shape index (κ3) is 3.41. The summed E-state index contributed by atoms with van der Waals surface area (Å²) in [7, 11) is 1.43. The van der Waals surface area contributed by atoms with Crippen LogP contribution in [-0.4, -0.2) is 55.2 Å². The van der Waals surface area contributed by atoms with Crippen LogP contribution in [0.3, 0.4) is 0 Å². The maximum Gasteiger partial charge on any atom is 0.326 e. The van der Waals surface area contributed by atoms with Crippen molar-refractivity contribution in [3.05, 3.63) is 30.3 Å². The van der Waals surface area contributed by atoms with Gasteiger partial charge >= 0.3 is 5.97 Å². The summed E-state index contributed by atoms with van der Waals surface area (Å²) in [6.07, 6.45) is 0. The Bertz CT molecular complexity index is 640. The minimum absolute atomic E-state index is 0.159. The van der Waals surface area contributed by atoms with Gasteiger partial charge in [-0.05, 0) is 12.1 Å². The topological polar surface area (TPSA) is 101 Å². The Balaban J connectivity index is 2.06. The van der Waals surface area contributed by atoms with E-state index in [-0.39, 0.29) is 6.54 Å². The Morgan fingerprint density at radius 3 is 2.62 bits per heavy atom. The number of carbonyl (C=O) groups is 2. The highest BCUT2D eigenvalue weighted by molar-refractivity contribution is 5.82. The maximum atomic E-state index is 11.9. The van der Waals surface area contributed by atoms with Gasteiger partial charge in [-0.3, -0.25) is 4.79 Å². The minimum Gasteiger partial charge on any atom is -0.480 e. The van der Waals surface area contributed by atoms with Crippen LogP contribution in [0.25, 0.3) is 11.4 Å². The number of benzene rings is 1. The van der Waals surface area contributed by atoms with Crippen LogP contribution in [0.15, 0.2) is 30.3 Å². The molecule has 0 radical (unpaired) electrons. The standard InChI is InChI=1S/C13H15N5O3/c1-9(13(20)21)17(2)11(19)8-18-15-12(14-16-18)10-6-4-3-5-7-10/h3-7,9H,8H2,1-2H3,(H,20,21). The van der Waals surface area contributed by atoms with E-state index in [1.807, 2.05) is 30.3 Å². The molecule has 0 spiro atoms. The molecular weight excluding hydrogens is 274 g/mol. The van der Waals surface area contributed by atoms with Gasteiger partial charge in [-0.15, -0.1) is 10.2 Å². The van der Waals surface area contributed by atoms with Gasteiger partial charge in [0.15, 0.2) is 0 Å². The summed E-state index contributed by atoms with van der Waals surface area (Å²) in [5.41, 5.74) is 0.795. The number of nitrogens with zero attached hydrogens (tertiary/aromatic N) is 5. The highest BCUT2D eigenvalue weighted by atomic mass is 16.4. The molecule has 1 heterocycles. The molecule has 8 nitrogen and oxygen atoms in total. The van der Waals surface area contributed by atoms with Crippen LogP contribution in [0, 0.1) is 0 Å². The van der Waals surface area contributed by atoms with E-state index in [2.05, 4.69) is 15.4 Å². The molecule has 0 aliphatic heterocycles. The van der Waals surface area contributed by atoms with Crippen molar-refractivity contribution < 1.29 is 14.7 Å². The van der Waals surface area contributed by atoms with Crippen molar-refractivity contribution in [2.75, 3.05) is 7.05 Å². The number of carboxylic acids is 1. The van der Waals surface area contributed by atoms with Gasteiger partial charge in [0.2, 0.25) is 11.7 Å². The average molecular weight is 289 g/mol. The largest absolute Gasteiger partial charge is 0.480 e. The van der Waals surface area contributed by atoms with Crippen molar-refractivity contribution in [2.45, 2.75) is 19.5 Å². The van der Waals surface area contributed by atoms with E-state index >= 15 is 0 Å². The molecule has 0 aliphatic carbocycles. The molecule has 1 atom stereocenters. The van der Waals surface area contributed by atoms with Crippen molar-refractivity contribution in [1.29, 1.82) is 0 Å². The van der Waals surface area contributed by atoms with Crippen molar-refractivity contribution in [1.82, 2.24) is 25.1 Å². The van der Waals surface area contributed by atoms with Gasteiger partial charge in [-0.2, -0.15) is 4.80 Å². The smallest absolute Gasteiger partial charge is 0.326 e. The number of tetrazole rings is 1. The molecule has 21 heavy (non-hydrogen) atoms. The number of carbonyl (C=O) groups excluding carboxylic acids is 1. The van der Waals surface area contributed by atoms with Crippen LogP contribution in [0.4, 0.5) is 0 Å². The molecule has 1 N–H and O–H groups in total. The lowest BCUT2D eigenvalue weighted by molar-refractivity contribution is -0.148. The molecule has 0 saturated carbocycles. The van der Waals surface area contributed by atoms with Crippen LogP contribution < -0.4 is 0 Å². The Labute approximate surface area is 121 Å². The van der Waals surface area contributed by atoms with Crippen LogP contribution in [-0.2, 0) is 16.1 Å². The Morgan fingerprint density at radius 1 is 1.33 bits per heavy atom. The average Bonchev–Trinajstić information content (AvgIpc) is 2.95. The van der Waals surface area contributed by atoms with E-state index in [1.165, 1.54) is 14.0 Å². The number of carboxylic acid groups (broad SMARTS) is 1. The van der Waals surface area contributed by atoms with Gasteiger partial charge in [-0.1, -0.05) is 30.3 Å². The zero-order valence-electron chi connectivity index (χ0n) is 11.7. The predicted octanol–water partition coefficient (Wildman–Crippen LogP) is 0.272. The molecule has 2 aromatic rings. The van der Waals surface area contributed by atoms with Gasteiger partial charge in [0.25, 0.3) is 0 Å². The number of aliphatic carboxylic acids is 1. The van der Waals surface area contributed by atoms with E-state index in [4.69, 9.17) is 5.11 Å². The van der Waals surface area contributed by atoms with Gasteiger partial charge in [0.1, 0.15) is 12.6 Å².